The number of likely N-dealkylation sites (tertiary alicyclic amines) is 1. The van der Waals surface area contributed by atoms with E-state index in [0.717, 1.165) is 12.8 Å². The first-order chi connectivity index (χ1) is 8.45. The van der Waals surface area contributed by atoms with E-state index in [-0.39, 0.29) is 24.3 Å². The van der Waals surface area contributed by atoms with Crippen LogP contribution in [0.2, 0.25) is 0 Å². The molecular formula is C12H23N3O3. The molecule has 0 aromatic heterocycles. The van der Waals surface area contributed by atoms with Gasteiger partial charge < -0.3 is 21.1 Å². The molecule has 0 aromatic rings. The first kappa shape index (κ1) is 14.8. The van der Waals surface area contributed by atoms with Crippen LogP contribution in [0, 0.1) is 11.8 Å². The fourth-order valence-electron chi connectivity index (χ4n) is 2.20. The minimum Gasteiger partial charge on any atom is -0.396 e. The maximum absolute atomic E-state index is 12.3. The van der Waals surface area contributed by atoms with E-state index in [2.05, 4.69) is 5.32 Å². The number of hydrogen-bond donors (Lipinski definition) is 3. The molecule has 0 bridgehead atoms. The van der Waals surface area contributed by atoms with Crippen molar-refractivity contribution in [3.63, 3.8) is 0 Å². The number of aliphatic hydroxyl groups excluding tert-OH is 1. The predicted molar refractivity (Wildman–Crippen MR) is 67.7 cm³/mol. The third-order valence-corrected chi connectivity index (χ3v) is 3.41. The van der Waals surface area contributed by atoms with Crippen LogP contribution in [0.3, 0.4) is 0 Å². The first-order valence-electron chi connectivity index (χ1n) is 6.41. The van der Waals surface area contributed by atoms with Gasteiger partial charge in [0.05, 0.1) is 0 Å². The lowest BCUT2D eigenvalue weighted by molar-refractivity contribution is -0.135. The highest BCUT2D eigenvalue weighted by Crippen LogP contribution is 2.18. The van der Waals surface area contributed by atoms with Gasteiger partial charge in [-0.25, -0.2) is 4.79 Å². The Morgan fingerprint density at radius 2 is 1.94 bits per heavy atom. The number of amides is 3. The van der Waals surface area contributed by atoms with Crippen LogP contribution in [0.15, 0.2) is 0 Å². The molecule has 1 aliphatic rings. The van der Waals surface area contributed by atoms with E-state index in [1.807, 2.05) is 13.8 Å². The molecule has 1 fully saturated rings. The van der Waals surface area contributed by atoms with Gasteiger partial charge in [-0.1, -0.05) is 13.8 Å². The zero-order valence-electron chi connectivity index (χ0n) is 11.1. The van der Waals surface area contributed by atoms with E-state index in [1.54, 1.807) is 4.90 Å². The number of aliphatic hydroxyl groups is 1. The van der Waals surface area contributed by atoms with Crippen LogP contribution >= 0.6 is 0 Å². The highest BCUT2D eigenvalue weighted by Gasteiger charge is 2.30. The molecule has 6 nitrogen and oxygen atoms in total. The zero-order valence-corrected chi connectivity index (χ0v) is 11.1. The summed E-state index contributed by atoms with van der Waals surface area (Å²) in [7, 11) is 0. The van der Waals surface area contributed by atoms with E-state index in [9.17, 15) is 9.59 Å². The number of primary amides is 1. The minimum atomic E-state index is -0.674. The van der Waals surface area contributed by atoms with Crippen molar-refractivity contribution in [1.29, 1.82) is 0 Å². The van der Waals surface area contributed by atoms with Gasteiger partial charge in [-0.15, -0.1) is 0 Å². The van der Waals surface area contributed by atoms with Crippen LogP contribution in [0.4, 0.5) is 4.79 Å². The van der Waals surface area contributed by atoms with Crippen molar-refractivity contribution < 1.29 is 14.7 Å². The number of rotatable bonds is 4. The summed E-state index contributed by atoms with van der Waals surface area (Å²) < 4.78 is 0. The molecule has 0 aliphatic carbocycles. The van der Waals surface area contributed by atoms with Crippen LogP contribution in [0.25, 0.3) is 0 Å². The standard InChI is InChI=1S/C12H23N3O3/c1-8(2)10(14-12(13)18)11(17)15-5-3-9(7-16)4-6-15/h8-10,16H,3-7H2,1-2H3,(H3,13,14,18). The molecule has 4 N–H and O–H groups in total. The van der Waals surface area contributed by atoms with Crippen molar-refractivity contribution in [2.45, 2.75) is 32.7 Å². The van der Waals surface area contributed by atoms with Crippen molar-refractivity contribution in [3.05, 3.63) is 0 Å². The predicted octanol–water partition coefficient (Wildman–Crippen LogP) is -0.0898. The van der Waals surface area contributed by atoms with Crippen LogP contribution in [0.5, 0.6) is 0 Å². The topological polar surface area (TPSA) is 95.7 Å². The molecule has 0 saturated carbocycles. The minimum absolute atomic E-state index is 0.000523. The van der Waals surface area contributed by atoms with Gasteiger partial charge in [-0.05, 0) is 24.7 Å². The highest BCUT2D eigenvalue weighted by molar-refractivity contribution is 5.86. The molecule has 6 heteroatoms. The molecule has 1 rings (SSSR count). The number of carbonyl (C=O) groups is 2. The number of carbonyl (C=O) groups excluding carboxylic acids is 2. The lowest BCUT2D eigenvalue weighted by Crippen LogP contribution is -2.54. The fraction of sp³-hybridized carbons (Fsp3) is 0.833. The number of nitrogens with zero attached hydrogens (tertiary/aromatic N) is 1. The highest BCUT2D eigenvalue weighted by atomic mass is 16.3. The molecular weight excluding hydrogens is 234 g/mol. The Labute approximate surface area is 108 Å². The Kier molecular flexibility index (Phi) is 5.40. The quantitative estimate of drug-likeness (QED) is 0.656. The summed E-state index contributed by atoms with van der Waals surface area (Å²) in [5.74, 6) is 0.205. The summed E-state index contributed by atoms with van der Waals surface area (Å²) in [6.45, 7) is 5.19. The molecule has 0 aromatic carbocycles. The van der Waals surface area contributed by atoms with Gasteiger partial charge in [0.2, 0.25) is 5.91 Å². The largest absolute Gasteiger partial charge is 0.396 e. The molecule has 1 heterocycles. The number of nitrogens with two attached hydrogens (primary N) is 1. The van der Waals surface area contributed by atoms with Crippen molar-refractivity contribution >= 4 is 11.9 Å². The second-order valence-electron chi connectivity index (χ2n) is 5.18. The van der Waals surface area contributed by atoms with Crippen molar-refractivity contribution in [2.24, 2.45) is 17.6 Å². The second-order valence-corrected chi connectivity index (χ2v) is 5.18. The molecule has 0 spiro atoms. The Balaban J connectivity index is 2.58. The smallest absolute Gasteiger partial charge is 0.312 e. The molecule has 0 radical (unpaired) electrons. The number of piperidine rings is 1. The molecule has 104 valence electrons. The summed E-state index contributed by atoms with van der Waals surface area (Å²) in [6.07, 6.45) is 1.62. The summed E-state index contributed by atoms with van der Waals surface area (Å²) in [4.78, 5) is 24.9. The van der Waals surface area contributed by atoms with Gasteiger partial charge in [0.1, 0.15) is 6.04 Å². The number of nitrogens with one attached hydrogen (secondary N) is 1. The monoisotopic (exact) mass is 257 g/mol. The second kappa shape index (κ2) is 6.58. The normalized spacial score (nSPS) is 18.8. The first-order valence-corrected chi connectivity index (χ1v) is 6.41. The SMILES string of the molecule is CC(C)C(NC(N)=O)C(=O)N1CCC(CO)CC1. The van der Waals surface area contributed by atoms with Crippen LogP contribution < -0.4 is 11.1 Å². The number of urea groups is 1. The van der Waals surface area contributed by atoms with Gasteiger partial charge in [0.25, 0.3) is 0 Å². The third-order valence-electron chi connectivity index (χ3n) is 3.41. The van der Waals surface area contributed by atoms with Crippen molar-refractivity contribution in [1.82, 2.24) is 10.2 Å². The van der Waals surface area contributed by atoms with Gasteiger partial charge in [-0.2, -0.15) is 0 Å². The fourth-order valence-corrected chi connectivity index (χ4v) is 2.20. The summed E-state index contributed by atoms with van der Waals surface area (Å²) >= 11 is 0. The van der Waals surface area contributed by atoms with E-state index >= 15 is 0 Å². The zero-order chi connectivity index (χ0) is 13.7. The molecule has 1 atom stereocenters. The number of hydrogen-bond acceptors (Lipinski definition) is 3. The molecule has 18 heavy (non-hydrogen) atoms. The Bertz CT molecular complexity index is 299. The van der Waals surface area contributed by atoms with Crippen molar-refractivity contribution in [3.8, 4) is 0 Å². The molecule has 1 aliphatic heterocycles. The van der Waals surface area contributed by atoms with Gasteiger partial charge in [-0.3, -0.25) is 4.79 Å². The van der Waals surface area contributed by atoms with E-state index in [0.29, 0.717) is 13.1 Å². The maximum atomic E-state index is 12.3. The van der Waals surface area contributed by atoms with Crippen LogP contribution in [-0.2, 0) is 4.79 Å². The summed E-state index contributed by atoms with van der Waals surface area (Å²) in [5.41, 5.74) is 5.09. The van der Waals surface area contributed by atoms with E-state index in [4.69, 9.17) is 10.8 Å². The van der Waals surface area contributed by atoms with Crippen molar-refractivity contribution in [2.75, 3.05) is 19.7 Å². The van der Waals surface area contributed by atoms with Gasteiger partial charge >= 0.3 is 6.03 Å². The Morgan fingerprint density at radius 3 is 2.33 bits per heavy atom. The average Bonchev–Trinajstić information content (AvgIpc) is 2.34. The van der Waals surface area contributed by atoms with E-state index in [1.165, 1.54) is 0 Å². The molecule has 1 unspecified atom stereocenters. The van der Waals surface area contributed by atoms with Gasteiger partial charge in [0.15, 0.2) is 0 Å². The lowest BCUT2D eigenvalue weighted by atomic mass is 9.96. The Hall–Kier alpha value is -1.30. The third kappa shape index (κ3) is 3.87. The average molecular weight is 257 g/mol. The Morgan fingerprint density at radius 1 is 1.39 bits per heavy atom. The molecule has 1 saturated heterocycles. The molecule has 3 amide bonds. The van der Waals surface area contributed by atoms with Crippen LogP contribution in [0.1, 0.15) is 26.7 Å². The summed E-state index contributed by atoms with van der Waals surface area (Å²) in [5, 5.41) is 11.6. The van der Waals surface area contributed by atoms with E-state index < -0.39 is 12.1 Å². The lowest BCUT2D eigenvalue weighted by Gasteiger charge is -2.34. The van der Waals surface area contributed by atoms with Crippen LogP contribution in [-0.4, -0.2) is 47.7 Å². The summed E-state index contributed by atoms with van der Waals surface area (Å²) in [6, 6.07) is -1.24. The van der Waals surface area contributed by atoms with Gasteiger partial charge in [0, 0.05) is 19.7 Å². The maximum Gasteiger partial charge on any atom is 0.312 e.